The number of carboxylic acids is 2. The maximum atomic E-state index is 12.8. The summed E-state index contributed by atoms with van der Waals surface area (Å²) >= 11 is 0. The van der Waals surface area contributed by atoms with Crippen LogP contribution in [0.2, 0.25) is 0 Å². The second-order valence-corrected chi connectivity index (χ2v) is 14.0. The van der Waals surface area contributed by atoms with Crippen LogP contribution in [-0.4, -0.2) is 69.1 Å². The minimum absolute atomic E-state index is 0.0492. The van der Waals surface area contributed by atoms with Gasteiger partial charge in [-0.25, -0.2) is 4.79 Å². The summed E-state index contributed by atoms with van der Waals surface area (Å²) in [5.41, 5.74) is 0.931. The minimum atomic E-state index is -1.39. The highest BCUT2D eigenvalue weighted by Gasteiger charge is 2.63. The van der Waals surface area contributed by atoms with Crippen LogP contribution >= 0.6 is 0 Å². The number of aliphatic carboxylic acids is 2. The fourth-order valence-corrected chi connectivity index (χ4v) is 8.61. The maximum absolute atomic E-state index is 12.8. The molecule has 11 nitrogen and oxygen atoms in total. The SMILES string of the molecule is C#C[C@@]1(O)CC[C@H]2[C@@H]3CCC4=C/C(=N/OCC(=O)N[C@@H](C(=O)N[C@H](CCC(=O)O)C(=O)O)C(C)C)CC[C@]4(C)[C@H]3CC[C@@]21C. The molecule has 0 aromatic rings. The second kappa shape index (κ2) is 12.9. The molecule has 0 spiro atoms. The van der Waals surface area contributed by atoms with E-state index in [1.165, 1.54) is 5.57 Å². The Morgan fingerprint density at radius 3 is 2.41 bits per heavy atom. The lowest BCUT2D eigenvalue weighted by atomic mass is 9.46. The van der Waals surface area contributed by atoms with Crippen molar-refractivity contribution in [2.24, 2.45) is 39.7 Å². The highest BCUT2D eigenvalue weighted by Crippen LogP contribution is 2.67. The first-order chi connectivity index (χ1) is 20.6. The number of carbonyl (C=O) groups is 4. The molecule has 4 rings (SSSR count). The summed E-state index contributed by atoms with van der Waals surface area (Å²) in [5, 5.41) is 38.6. The third-order valence-corrected chi connectivity index (χ3v) is 11.3. The van der Waals surface area contributed by atoms with Crippen LogP contribution in [0.25, 0.3) is 0 Å². The predicted octanol–water partition coefficient (Wildman–Crippen LogP) is 3.26. The molecule has 0 aromatic carbocycles. The number of hydrogen-bond donors (Lipinski definition) is 5. The molecule has 8 atom stereocenters. The molecule has 0 unspecified atom stereocenters. The van der Waals surface area contributed by atoms with Crippen molar-refractivity contribution in [2.75, 3.05) is 6.61 Å². The first-order valence-electron chi connectivity index (χ1n) is 15.8. The van der Waals surface area contributed by atoms with E-state index in [2.05, 4.69) is 41.6 Å². The second-order valence-electron chi connectivity index (χ2n) is 14.0. The molecule has 44 heavy (non-hydrogen) atoms. The Balaban J connectivity index is 1.34. The standard InChI is InChI=1S/C33H47N3O8/c1-6-33(43)16-13-24-22-8-7-20-17-21(11-14-31(20,4)23(22)12-15-32(24,33)5)36-44-18-26(37)35-28(19(2)3)29(40)34-25(30(41)42)9-10-27(38)39/h1,17,19,22-25,28,43H,7-16,18H2,2-5H3,(H,34,40)(H,35,37)(H,38,39)(H,41,42)/b36-21+/t22-,23+,24+,25-,28-,31+,32+,33-/m1/s1. The summed E-state index contributed by atoms with van der Waals surface area (Å²) in [6.45, 7) is 7.55. The lowest BCUT2D eigenvalue weighted by molar-refractivity contribution is -0.143. The molecule has 4 aliphatic rings. The van der Waals surface area contributed by atoms with Crippen molar-refractivity contribution in [3.63, 3.8) is 0 Å². The van der Waals surface area contributed by atoms with Crippen LogP contribution in [0.5, 0.6) is 0 Å². The van der Waals surface area contributed by atoms with E-state index in [1.54, 1.807) is 13.8 Å². The average Bonchev–Trinajstić information content (AvgIpc) is 3.24. The number of aliphatic hydroxyl groups is 1. The monoisotopic (exact) mass is 613 g/mol. The summed E-state index contributed by atoms with van der Waals surface area (Å²) in [7, 11) is 0. The van der Waals surface area contributed by atoms with Gasteiger partial charge in [-0.2, -0.15) is 0 Å². The number of fused-ring (bicyclic) bond motifs is 5. The van der Waals surface area contributed by atoms with Gasteiger partial charge in [-0.15, -0.1) is 6.42 Å². The Labute approximate surface area is 259 Å². The zero-order valence-corrected chi connectivity index (χ0v) is 26.2. The number of hydrogen-bond acceptors (Lipinski definition) is 7. The Hall–Kier alpha value is -3.39. The zero-order chi connectivity index (χ0) is 32.4. The quantitative estimate of drug-likeness (QED) is 0.174. The Morgan fingerprint density at radius 2 is 1.77 bits per heavy atom. The summed E-state index contributed by atoms with van der Waals surface area (Å²) < 4.78 is 0. The van der Waals surface area contributed by atoms with Gasteiger partial charge in [0, 0.05) is 11.8 Å². The van der Waals surface area contributed by atoms with Gasteiger partial charge in [0.2, 0.25) is 5.91 Å². The van der Waals surface area contributed by atoms with Crippen molar-refractivity contribution in [3.05, 3.63) is 11.6 Å². The number of nitrogens with one attached hydrogen (secondary N) is 2. The Kier molecular flexibility index (Phi) is 9.84. The van der Waals surface area contributed by atoms with Crippen LogP contribution in [0.1, 0.15) is 91.9 Å². The third kappa shape index (κ3) is 6.37. The average molecular weight is 614 g/mol. The molecule has 0 saturated heterocycles. The molecule has 3 fully saturated rings. The van der Waals surface area contributed by atoms with E-state index in [9.17, 15) is 29.4 Å². The molecule has 11 heteroatoms. The highest BCUT2D eigenvalue weighted by atomic mass is 16.6. The fourth-order valence-electron chi connectivity index (χ4n) is 8.61. The topological polar surface area (TPSA) is 175 Å². The molecule has 4 aliphatic carbocycles. The van der Waals surface area contributed by atoms with Gasteiger partial charge in [0.25, 0.3) is 5.91 Å². The van der Waals surface area contributed by atoms with Gasteiger partial charge < -0.3 is 30.8 Å². The van der Waals surface area contributed by atoms with Crippen LogP contribution in [0.15, 0.2) is 16.8 Å². The molecule has 0 heterocycles. The Morgan fingerprint density at radius 1 is 1.07 bits per heavy atom. The number of nitrogens with zero attached hydrogens (tertiary/aromatic N) is 1. The van der Waals surface area contributed by atoms with E-state index in [-0.39, 0.29) is 23.2 Å². The van der Waals surface area contributed by atoms with Crippen molar-refractivity contribution in [2.45, 2.75) is 110 Å². The summed E-state index contributed by atoms with van der Waals surface area (Å²) in [5.74, 6) is 0.0444. The smallest absolute Gasteiger partial charge is 0.326 e. The lowest BCUT2D eigenvalue weighted by Gasteiger charge is -2.58. The van der Waals surface area contributed by atoms with Crippen LogP contribution in [0, 0.1) is 46.8 Å². The van der Waals surface area contributed by atoms with Gasteiger partial charge in [0.1, 0.15) is 17.7 Å². The summed E-state index contributed by atoms with van der Waals surface area (Å²) in [6, 6.07) is -2.42. The van der Waals surface area contributed by atoms with Crippen LogP contribution in [0.3, 0.4) is 0 Å². The molecule has 242 valence electrons. The van der Waals surface area contributed by atoms with Gasteiger partial charge in [0.05, 0.1) is 5.71 Å². The van der Waals surface area contributed by atoms with Crippen molar-refractivity contribution < 1.29 is 39.3 Å². The van der Waals surface area contributed by atoms with E-state index in [0.29, 0.717) is 30.6 Å². The summed E-state index contributed by atoms with van der Waals surface area (Å²) in [6.07, 6.45) is 14.5. The van der Waals surface area contributed by atoms with E-state index in [1.807, 2.05) is 0 Å². The van der Waals surface area contributed by atoms with E-state index >= 15 is 0 Å². The molecule has 3 saturated carbocycles. The van der Waals surface area contributed by atoms with Crippen LogP contribution in [0.4, 0.5) is 0 Å². The first-order valence-corrected chi connectivity index (χ1v) is 15.8. The van der Waals surface area contributed by atoms with Gasteiger partial charge in [-0.05, 0) is 93.0 Å². The zero-order valence-electron chi connectivity index (χ0n) is 26.2. The van der Waals surface area contributed by atoms with E-state index in [4.69, 9.17) is 16.4 Å². The number of terminal acetylenes is 1. The minimum Gasteiger partial charge on any atom is -0.481 e. The van der Waals surface area contributed by atoms with E-state index < -0.39 is 54.5 Å². The number of carboxylic acid groups (broad SMARTS) is 2. The van der Waals surface area contributed by atoms with Gasteiger partial charge in [0.15, 0.2) is 6.61 Å². The maximum Gasteiger partial charge on any atom is 0.326 e. The molecule has 5 N–H and O–H groups in total. The fraction of sp³-hybridized carbons (Fsp3) is 0.727. The van der Waals surface area contributed by atoms with Crippen molar-refractivity contribution in [3.8, 4) is 12.3 Å². The third-order valence-electron chi connectivity index (χ3n) is 11.3. The normalized spacial score (nSPS) is 34.8. The molecular formula is C33H47N3O8. The van der Waals surface area contributed by atoms with Crippen LogP contribution < -0.4 is 10.6 Å². The molecule has 0 aromatic heterocycles. The van der Waals surface area contributed by atoms with Crippen molar-refractivity contribution in [1.29, 1.82) is 0 Å². The van der Waals surface area contributed by atoms with Crippen molar-refractivity contribution in [1.82, 2.24) is 10.6 Å². The van der Waals surface area contributed by atoms with Gasteiger partial charge in [-0.3, -0.25) is 14.4 Å². The number of allylic oxidation sites excluding steroid dienone is 2. The predicted molar refractivity (Wildman–Crippen MR) is 162 cm³/mol. The molecular weight excluding hydrogens is 566 g/mol. The van der Waals surface area contributed by atoms with Crippen molar-refractivity contribution >= 4 is 29.5 Å². The molecule has 0 radical (unpaired) electrons. The number of carbonyl (C=O) groups excluding carboxylic acids is 2. The number of rotatable bonds is 11. The molecule has 2 amide bonds. The number of amides is 2. The Bertz CT molecular complexity index is 1270. The van der Waals surface area contributed by atoms with Gasteiger partial charge in [-0.1, -0.05) is 44.3 Å². The largest absolute Gasteiger partial charge is 0.481 e. The number of oxime groups is 1. The highest BCUT2D eigenvalue weighted by molar-refractivity contribution is 5.96. The molecule has 0 aliphatic heterocycles. The first kappa shape index (κ1) is 33.5. The van der Waals surface area contributed by atoms with Crippen LogP contribution in [-0.2, 0) is 24.0 Å². The lowest BCUT2D eigenvalue weighted by Crippen LogP contribution is -2.54. The summed E-state index contributed by atoms with van der Waals surface area (Å²) in [4.78, 5) is 53.1. The van der Waals surface area contributed by atoms with Gasteiger partial charge >= 0.3 is 11.9 Å². The molecule has 0 bridgehead atoms. The van der Waals surface area contributed by atoms with E-state index in [0.717, 1.165) is 44.2 Å².